The van der Waals surface area contributed by atoms with Gasteiger partial charge < -0.3 is 14.2 Å². The summed E-state index contributed by atoms with van der Waals surface area (Å²) in [6.45, 7) is 9.66. The van der Waals surface area contributed by atoms with E-state index in [1.807, 2.05) is 0 Å². The Labute approximate surface area is 94.1 Å². The van der Waals surface area contributed by atoms with Crippen LogP contribution in [0.4, 0.5) is 0 Å². The Morgan fingerprint density at radius 2 is 1.67 bits per heavy atom. The Bertz CT molecular complexity index is 168. The first-order chi connectivity index (χ1) is 6.89. The molecule has 0 spiro atoms. The summed E-state index contributed by atoms with van der Waals surface area (Å²) in [5.74, 6) is 0. The molecule has 0 radical (unpaired) electrons. The molecule has 0 aromatic rings. The fraction of sp³-hybridized carbons (Fsp3) is 1.00. The van der Waals surface area contributed by atoms with E-state index in [1.54, 1.807) is 14.2 Å². The predicted molar refractivity (Wildman–Crippen MR) is 62.2 cm³/mol. The van der Waals surface area contributed by atoms with Crippen LogP contribution in [0.25, 0.3) is 0 Å². The van der Waals surface area contributed by atoms with Gasteiger partial charge in [-0.3, -0.25) is 0 Å². The van der Waals surface area contributed by atoms with Crippen LogP contribution in [0.15, 0.2) is 0 Å². The summed E-state index contributed by atoms with van der Waals surface area (Å²) < 4.78 is 16.3. The Morgan fingerprint density at radius 1 is 1.07 bits per heavy atom. The third-order valence-electron chi connectivity index (χ3n) is 2.90. The predicted octanol–water partition coefficient (Wildman–Crippen LogP) is 2.63. The first-order valence-corrected chi connectivity index (χ1v) is 5.57. The average Bonchev–Trinajstić information content (AvgIpc) is 2.18. The highest BCUT2D eigenvalue weighted by Crippen LogP contribution is 2.19. The van der Waals surface area contributed by atoms with E-state index >= 15 is 0 Å². The second kappa shape index (κ2) is 6.46. The molecule has 0 N–H and O–H groups in total. The van der Waals surface area contributed by atoms with Gasteiger partial charge >= 0.3 is 0 Å². The van der Waals surface area contributed by atoms with E-state index in [2.05, 4.69) is 27.7 Å². The summed E-state index contributed by atoms with van der Waals surface area (Å²) in [6.07, 6.45) is 1.84. The van der Waals surface area contributed by atoms with Crippen molar-refractivity contribution < 1.29 is 14.2 Å². The summed E-state index contributed by atoms with van der Waals surface area (Å²) in [7, 11) is 3.44. The molecular weight excluding hydrogens is 192 g/mol. The second-order valence-corrected chi connectivity index (χ2v) is 4.80. The number of hydrogen-bond acceptors (Lipinski definition) is 3. The van der Waals surface area contributed by atoms with Crippen molar-refractivity contribution in [3.8, 4) is 0 Å². The lowest BCUT2D eigenvalue weighted by Gasteiger charge is -2.30. The molecule has 0 saturated heterocycles. The summed E-state index contributed by atoms with van der Waals surface area (Å²) >= 11 is 0. The molecule has 0 rings (SSSR count). The molecule has 0 aromatic heterocycles. The fourth-order valence-corrected chi connectivity index (χ4v) is 1.20. The summed E-state index contributed by atoms with van der Waals surface area (Å²) in [6, 6.07) is 0. The highest BCUT2D eigenvalue weighted by Gasteiger charge is 2.24. The van der Waals surface area contributed by atoms with E-state index in [0.717, 1.165) is 12.8 Å². The maximum Gasteiger partial charge on any atom is 0.0884 e. The molecule has 3 nitrogen and oxygen atoms in total. The molecule has 0 amide bonds. The molecule has 0 fully saturated rings. The molecule has 1 unspecified atom stereocenters. The molecule has 15 heavy (non-hydrogen) atoms. The third-order valence-corrected chi connectivity index (χ3v) is 2.90. The zero-order valence-electron chi connectivity index (χ0n) is 11.1. The summed E-state index contributed by atoms with van der Waals surface area (Å²) in [4.78, 5) is 0. The highest BCUT2D eigenvalue weighted by molar-refractivity contribution is 4.74. The summed E-state index contributed by atoms with van der Waals surface area (Å²) in [5, 5.41) is 0. The maximum absolute atomic E-state index is 5.85. The minimum Gasteiger partial charge on any atom is -0.382 e. The van der Waals surface area contributed by atoms with Crippen LogP contribution in [0.3, 0.4) is 0 Å². The zero-order chi connectivity index (χ0) is 11.9. The van der Waals surface area contributed by atoms with E-state index < -0.39 is 0 Å². The second-order valence-electron chi connectivity index (χ2n) is 4.80. The van der Waals surface area contributed by atoms with E-state index in [4.69, 9.17) is 14.2 Å². The zero-order valence-corrected chi connectivity index (χ0v) is 11.1. The van der Waals surface area contributed by atoms with Gasteiger partial charge in [-0.15, -0.1) is 0 Å². The Kier molecular flexibility index (Phi) is 6.41. The van der Waals surface area contributed by atoms with Crippen LogP contribution < -0.4 is 0 Å². The van der Waals surface area contributed by atoms with Crippen LogP contribution in [0.2, 0.25) is 0 Å². The Hall–Kier alpha value is -0.120. The standard InChI is InChI=1S/C12H26O3/c1-7-12(4,10-13-5)15-9-8-11(2,3)14-6/h7-10H2,1-6H3. The molecule has 0 bridgehead atoms. The smallest absolute Gasteiger partial charge is 0.0884 e. The van der Waals surface area contributed by atoms with Gasteiger partial charge in [-0.25, -0.2) is 0 Å². The molecule has 92 valence electrons. The lowest BCUT2D eigenvalue weighted by atomic mass is 10.0. The Morgan fingerprint density at radius 3 is 2.07 bits per heavy atom. The van der Waals surface area contributed by atoms with Gasteiger partial charge in [-0.05, 0) is 33.6 Å². The van der Waals surface area contributed by atoms with Crippen molar-refractivity contribution >= 4 is 0 Å². The van der Waals surface area contributed by atoms with Crippen LogP contribution in [-0.2, 0) is 14.2 Å². The molecule has 0 aliphatic carbocycles. The summed E-state index contributed by atoms with van der Waals surface area (Å²) in [5.41, 5.74) is -0.277. The van der Waals surface area contributed by atoms with Crippen molar-refractivity contribution in [1.82, 2.24) is 0 Å². The first-order valence-electron chi connectivity index (χ1n) is 5.57. The van der Waals surface area contributed by atoms with Gasteiger partial charge in [0.25, 0.3) is 0 Å². The van der Waals surface area contributed by atoms with Crippen molar-refractivity contribution in [2.75, 3.05) is 27.4 Å². The van der Waals surface area contributed by atoms with Crippen LogP contribution in [0.1, 0.15) is 40.5 Å². The normalized spacial score (nSPS) is 16.4. The molecule has 0 aliphatic rings. The quantitative estimate of drug-likeness (QED) is 0.627. The minimum atomic E-state index is -0.168. The van der Waals surface area contributed by atoms with Crippen LogP contribution in [0, 0.1) is 0 Å². The molecule has 0 aromatic carbocycles. The van der Waals surface area contributed by atoms with Gasteiger partial charge in [-0.1, -0.05) is 6.92 Å². The van der Waals surface area contributed by atoms with Gasteiger partial charge in [0.15, 0.2) is 0 Å². The minimum absolute atomic E-state index is 0.109. The lowest BCUT2D eigenvalue weighted by molar-refractivity contribution is -0.0974. The molecule has 0 saturated carbocycles. The van der Waals surface area contributed by atoms with Crippen LogP contribution in [-0.4, -0.2) is 38.6 Å². The van der Waals surface area contributed by atoms with Crippen LogP contribution >= 0.6 is 0 Å². The number of hydrogen-bond donors (Lipinski definition) is 0. The molecule has 3 heteroatoms. The van der Waals surface area contributed by atoms with Gasteiger partial charge in [0.1, 0.15) is 0 Å². The van der Waals surface area contributed by atoms with E-state index in [1.165, 1.54) is 0 Å². The number of rotatable bonds is 8. The van der Waals surface area contributed by atoms with Gasteiger partial charge in [0.05, 0.1) is 24.4 Å². The van der Waals surface area contributed by atoms with Crippen molar-refractivity contribution in [2.24, 2.45) is 0 Å². The topological polar surface area (TPSA) is 27.7 Å². The van der Waals surface area contributed by atoms with Crippen molar-refractivity contribution in [2.45, 2.75) is 51.7 Å². The highest BCUT2D eigenvalue weighted by atomic mass is 16.5. The van der Waals surface area contributed by atoms with Gasteiger partial charge in [0, 0.05) is 14.2 Å². The van der Waals surface area contributed by atoms with Gasteiger partial charge in [-0.2, -0.15) is 0 Å². The largest absolute Gasteiger partial charge is 0.382 e. The van der Waals surface area contributed by atoms with Crippen molar-refractivity contribution in [1.29, 1.82) is 0 Å². The van der Waals surface area contributed by atoms with E-state index in [9.17, 15) is 0 Å². The van der Waals surface area contributed by atoms with Crippen molar-refractivity contribution in [3.05, 3.63) is 0 Å². The fourth-order valence-electron chi connectivity index (χ4n) is 1.20. The Balaban J connectivity index is 3.91. The van der Waals surface area contributed by atoms with Gasteiger partial charge in [0.2, 0.25) is 0 Å². The molecule has 1 atom stereocenters. The molecular formula is C12H26O3. The monoisotopic (exact) mass is 218 g/mol. The molecule has 0 heterocycles. The number of methoxy groups -OCH3 is 2. The third kappa shape index (κ3) is 6.13. The van der Waals surface area contributed by atoms with Crippen molar-refractivity contribution in [3.63, 3.8) is 0 Å². The SMILES string of the molecule is CCC(C)(COC)OCCC(C)(C)OC. The average molecular weight is 218 g/mol. The lowest BCUT2D eigenvalue weighted by Crippen LogP contribution is -2.35. The maximum atomic E-state index is 5.85. The van der Waals surface area contributed by atoms with E-state index in [0.29, 0.717) is 13.2 Å². The van der Waals surface area contributed by atoms with Crippen LogP contribution in [0.5, 0.6) is 0 Å². The number of ether oxygens (including phenoxy) is 3. The molecule has 0 aliphatic heterocycles. The first kappa shape index (κ1) is 14.9. The van der Waals surface area contributed by atoms with E-state index in [-0.39, 0.29) is 11.2 Å².